The van der Waals surface area contributed by atoms with Gasteiger partial charge in [-0.15, -0.1) is 0 Å². The number of benzene rings is 1. The van der Waals surface area contributed by atoms with Gasteiger partial charge in [0.1, 0.15) is 11.6 Å². The monoisotopic (exact) mass is 276 g/mol. The summed E-state index contributed by atoms with van der Waals surface area (Å²) in [6, 6.07) is 10.5. The number of anilines is 1. The highest BCUT2D eigenvalue weighted by Gasteiger charge is 2.06. The molecule has 0 radical (unpaired) electrons. The first kappa shape index (κ1) is 13.4. The second-order valence-corrected chi connectivity index (χ2v) is 4.40. The summed E-state index contributed by atoms with van der Waals surface area (Å²) in [6.07, 6.45) is 1.63. The quantitative estimate of drug-likeness (QED) is 0.934. The van der Waals surface area contributed by atoms with Gasteiger partial charge in [0.15, 0.2) is 6.61 Å². The maximum Gasteiger partial charge on any atom is 0.263 e. The highest BCUT2D eigenvalue weighted by Crippen LogP contribution is 2.15. The maximum absolute atomic E-state index is 11.7. The van der Waals surface area contributed by atoms with Gasteiger partial charge in [-0.05, 0) is 42.8 Å². The van der Waals surface area contributed by atoms with Gasteiger partial charge >= 0.3 is 0 Å². The van der Waals surface area contributed by atoms with Crippen LogP contribution in [0.3, 0.4) is 0 Å². The molecule has 0 bridgehead atoms. The third-order valence-corrected chi connectivity index (χ3v) is 2.70. The first-order valence-electron chi connectivity index (χ1n) is 5.75. The van der Waals surface area contributed by atoms with Crippen molar-refractivity contribution in [2.45, 2.75) is 6.92 Å². The molecule has 2 aromatic rings. The van der Waals surface area contributed by atoms with Crippen molar-refractivity contribution in [3.8, 4) is 5.75 Å². The van der Waals surface area contributed by atoms with E-state index in [2.05, 4.69) is 10.3 Å². The summed E-state index contributed by atoms with van der Waals surface area (Å²) >= 11 is 5.76. The van der Waals surface area contributed by atoms with Crippen molar-refractivity contribution < 1.29 is 9.53 Å². The molecule has 4 nitrogen and oxygen atoms in total. The van der Waals surface area contributed by atoms with E-state index in [-0.39, 0.29) is 12.5 Å². The van der Waals surface area contributed by atoms with Gasteiger partial charge < -0.3 is 10.1 Å². The molecule has 2 rings (SSSR count). The first-order valence-corrected chi connectivity index (χ1v) is 6.13. The van der Waals surface area contributed by atoms with Crippen LogP contribution in [0.1, 0.15) is 5.56 Å². The third-order valence-electron chi connectivity index (χ3n) is 2.45. The van der Waals surface area contributed by atoms with Crippen molar-refractivity contribution in [3.05, 3.63) is 53.2 Å². The van der Waals surface area contributed by atoms with Gasteiger partial charge in [0.2, 0.25) is 0 Å². The minimum absolute atomic E-state index is 0.0718. The molecule has 1 amide bonds. The molecule has 5 heteroatoms. The van der Waals surface area contributed by atoms with Gasteiger partial charge in [-0.3, -0.25) is 4.79 Å². The summed E-state index contributed by atoms with van der Waals surface area (Å²) < 4.78 is 5.34. The number of nitrogens with one attached hydrogen (secondary N) is 1. The van der Waals surface area contributed by atoms with Crippen molar-refractivity contribution >= 4 is 23.3 Å². The molecule has 19 heavy (non-hydrogen) atoms. The number of ether oxygens (including phenoxy) is 1. The van der Waals surface area contributed by atoms with E-state index < -0.39 is 0 Å². The SMILES string of the molecule is Cc1cccnc1NC(=O)COc1ccc(Cl)cc1. The van der Waals surface area contributed by atoms with E-state index in [1.165, 1.54) is 0 Å². The van der Waals surface area contributed by atoms with Crippen LogP contribution < -0.4 is 10.1 Å². The van der Waals surface area contributed by atoms with E-state index in [9.17, 15) is 4.79 Å². The lowest BCUT2D eigenvalue weighted by Crippen LogP contribution is -2.21. The van der Waals surface area contributed by atoms with E-state index in [1.807, 2.05) is 19.1 Å². The van der Waals surface area contributed by atoms with Crippen LogP contribution in [-0.4, -0.2) is 17.5 Å². The van der Waals surface area contributed by atoms with Crippen LogP contribution in [0.2, 0.25) is 5.02 Å². The summed E-state index contributed by atoms with van der Waals surface area (Å²) in [7, 11) is 0. The molecule has 0 aliphatic carbocycles. The summed E-state index contributed by atoms with van der Waals surface area (Å²) in [4.78, 5) is 15.8. The normalized spacial score (nSPS) is 10.0. The number of halogens is 1. The van der Waals surface area contributed by atoms with Crippen LogP contribution in [0.5, 0.6) is 5.75 Å². The molecule has 0 aliphatic heterocycles. The molecule has 0 atom stereocenters. The first-order chi connectivity index (χ1) is 9.15. The van der Waals surface area contributed by atoms with E-state index in [0.29, 0.717) is 16.6 Å². The Kier molecular flexibility index (Phi) is 4.36. The molecular weight excluding hydrogens is 264 g/mol. The number of hydrogen-bond donors (Lipinski definition) is 1. The van der Waals surface area contributed by atoms with Gasteiger partial charge in [0, 0.05) is 11.2 Å². The lowest BCUT2D eigenvalue weighted by Gasteiger charge is -2.08. The number of aromatic nitrogens is 1. The molecular formula is C14H13ClN2O2. The summed E-state index contributed by atoms with van der Waals surface area (Å²) in [5, 5.41) is 3.32. The minimum Gasteiger partial charge on any atom is -0.484 e. The fourth-order valence-electron chi connectivity index (χ4n) is 1.46. The highest BCUT2D eigenvalue weighted by molar-refractivity contribution is 6.30. The van der Waals surface area contributed by atoms with Gasteiger partial charge in [-0.25, -0.2) is 4.98 Å². The minimum atomic E-state index is -0.253. The Balaban J connectivity index is 1.88. The van der Waals surface area contributed by atoms with Gasteiger partial charge in [-0.1, -0.05) is 17.7 Å². The molecule has 0 saturated carbocycles. The van der Waals surface area contributed by atoms with Crippen LogP contribution in [0, 0.1) is 6.92 Å². The zero-order chi connectivity index (χ0) is 13.7. The highest BCUT2D eigenvalue weighted by atomic mass is 35.5. The predicted octanol–water partition coefficient (Wildman–Crippen LogP) is 3.06. The van der Waals surface area contributed by atoms with Crippen LogP contribution in [0.25, 0.3) is 0 Å². The number of nitrogens with zero attached hydrogens (tertiary/aromatic N) is 1. The number of pyridine rings is 1. The number of rotatable bonds is 4. The number of carbonyl (C=O) groups is 1. The van der Waals surface area contributed by atoms with Crippen molar-refractivity contribution in [2.24, 2.45) is 0 Å². The van der Waals surface area contributed by atoms with Gasteiger partial charge in [0.05, 0.1) is 0 Å². The topological polar surface area (TPSA) is 51.2 Å². The van der Waals surface area contributed by atoms with E-state index in [0.717, 1.165) is 5.56 Å². The lowest BCUT2D eigenvalue weighted by atomic mass is 10.3. The number of hydrogen-bond acceptors (Lipinski definition) is 3. The molecule has 0 aliphatic rings. The lowest BCUT2D eigenvalue weighted by molar-refractivity contribution is -0.118. The standard InChI is InChI=1S/C14H13ClN2O2/c1-10-3-2-8-16-14(10)17-13(18)9-19-12-6-4-11(15)5-7-12/h2-8H,9H2,1H3,(H,16,17,18). The van der Waals surface area contributed by atoms with Gasteiger partial charge in [-0.2, -0.15) is 0 Å². The van der Waals surface area contributed by atoms with Crippen LogP contribution in [0.15, 0.2) is 42.6 Å². The van der Waals surface area contributed by atoms with Crippen LogP contribution in [0.4, 0.5) is 5.82 Å². The Morgan fingerprint density at radius 1 is 1.32 bits per heavy atom. The summed E-state index contributed by atoms with van der Waals surface area (Å²) in [5.41, 5.74) is 0.905. The second-order valence-electron chi connectivity index (χ2n) is 3.96. The smallest absolute Gasteiger partial charge is 0.263 e. The number of amides is 1. The second kappa shape index (κ2) is 6.20. The Hall–Kier alpha value is -2.07. The Morgan fingerprint density at radius 2 is 2.05 bits per heavy atom. The zero-order valence-electron chi connectivity index (χ0n) is 10.4. The van der Waals surface area contributed by atoms with Crippen molar-refractivity contribution in [3.63, 3.8) is 0 Å². The largest absolute Gasteiger partial charge is 0.484 e. The average Bonchev–Trinajstić information content (AvgIpc) is 2.41. The molecule has 0 saturated heterocycles. The molecule has 0 spiro atoms. The summed E-state index contributed by atoms with van der Waals surface area (Å²) in [5.74, 6) is 0.890. The van der Waals surface area contributed by atoms with Crippen molar-refractivity contribution in [1.82, 2.24) is 4.98 Å². The van der Waals surface area contributed by atoms with Gasteiger partial charge in [0.25, 0.3) is 5.91 Å². The molecule has 0 unspecified atom stereocenters. The van der Waals surface area contributed by atoms with Crippen molar-refractivity contribution in [1.29, 1.82) is 0 Å². The van der Waals surface area contributed by atoms with E-state index in [1.54, 1.807) is 30.5 Å². The van der Waals surface area contributed by atoms with Crippen molar-refractivity contribution in [2.75, 3.05) is 11.9 Å². The third kappa shape index (κ3) is 3.96. The summed E-state index contributed by atoms with van der Waals surface area (Å²) in [6.45, 7) is 1.81. The Morgan fingerprint density at radius 3 is 2.74 bits per heavy atom. The Labute approximate surface area is 116 Å². The van der Waals surface area contributed by atoms with E-state index >= 15 is 0 Å². The fourth-order valence-corrected chi connectivity index (χ4v) is 1.59. The average molecular weight is 277 g/mol. The predicted molar refractivity (Wildman–Crippen MR) is 74.6 cm³/mol. The Bertz CT molecular complexity index is 570. The fraction of sp³-hybridized carbons (Fsp3) is 0.143. The molecule has 1 N–H and O–H groups in total. The number of carbonyl (C=O) groups excluding carboxylic acids is 1. The molecule has 1 heterocycles. The molecule has 1 aromatic carbocycles. The molecule has 1 aromatic heterocycles. The molecule has 98 valence electrons. The van der Waals surface area contributed by atoms with Crippen LogP contribution in [-0.2, 0) is 4.79 Å². The zero-order valence-corrected chi connectivity index (χ0v) is 11.1. The number of aryl methyl sites for hydroxylation is 1. The maximum atomic E-state index is 11.7. The molecule has 0 fully saturated rings. The van der Waals surface area contributed by atoms with Crippen LogP contribution >= 0.6 is 11.6 Å². The van der Waals surface area contributed by atoms with E-state index in [4.69, 9.17) is 16.3 Å².